The number of benzene rings is 4. The van der Waals surface area contributed by atoms with Gasteiger partial charge in [-0.05, 0) is 179 Å². The lowest BCUT2D eigenvalue weighted by Crippen LogP contribution is -2.41. The van der Waals surface area contributed by atoms with E-state index in [-0.39, 0.29) is 18.0 Å². The summed E-state index contributed by atoms with van der Waals surface area (Å²) in [6.45, 7) is 27.4. The van der Waals surface area contributed by atoms with Gasteiger partial charge >= 0.3 is 19.3 Å². The second kappa shape index (κ2) is 31.1. The summed E-state index contributed by atoms with van der Waals surface area (Å²) in [5.41, 5.74) is 1.81. The number of carbonyl (C=O) groups is 2. The van der Waals surface area contributed by atoms with Crippen LogP contribution in [0.5, 0.6) is 11.5 Å². The van der Waals surface area contributed by atoms with E-state index < -0.39 is 35.3 Å². The van der Waals surface area contributed by atoms with E-state index in [1.165, 1.54) is 33.0 Å². The minimum atomic E-state index is -0.729. The molecule has 0 bridgehead atoms. The van der Waals surface area contributed by atoms with E-state index in [0.717, 1.165) is 90.7 Å². The van der Waals surface area contributed by atoms with Crippen molar-refractivity contribution in [2.24, 2.45) is 0 Å². The molecule has 0 N–H and O–H groups in total. The number of amides is 2. The molecule has 1 fully saturated rings. The number of nitrogens with zero attached hydrogens (tertiary/aromatic N) is 5. The van der Waals surface area contributed by atoms with E-state index in [1.54, 1.807) is 48.2 Å². The van der Waals surface area contributed by atoms with Gasteiger partial charge in [0.25, 0.3) is 0 Å². The molecule has 0 atom stereocenters. The molecule has 3 heterocycles. The molecule has 1 aliphatic heterocycles. The monoisotopic (exact) mass is 1380 g/mol. The molecule has 19 heteroatoms. The van der Waals surface area contributed by atoms with E-state index in [2.05, 4.69) is 97.3 Å². The number of rotatable bonds is 22. The first kappa shape index (κ1) is 68.3. The highest BCUT2D eigenvalue weighted by atomic mass is 127. The Labute approximate surface area is 517 Å². The normalized spacial score (nSPS) is 13.8. The summed E-state index contributed by atoms with van der Waals surface area (Å²) >= 11 is 9.43. The van der Waals surface area contributed by atoms with Crippen LogP contribution in [0.4, 0.5) is 18.4 Å². The zero-order valence-electron chi connectivity index (χ0n) is 50.8. The lowest BCUT2D eigenvalue weighted by molar-refractivity contribution is 0.00578. The maximum atomic E-state index is 15.1. The number of ether oxygens (including phenoxy) is 4. The fraction of sp³-hybridized carbons (Fsp3) is 0.540. The highest BCUT2D eigenvalue weighted by molar-refractivity contribution is 14.1. The fourth-order valence-corrected chi connectivity index (χ4v) is 10.3. The lowest BCUT2D eigenvalue weighted by atomic mass is 9.78. The SMILES string of the molecule is CCCn1cc(I)c2ccc(Br)cc21.CCCn1nc(-c2ccc(OCCCCCCN(C)C(=O)OC(C)(C)C)cc2F)c2ccc(Br)cc21.CN(CCCCCCOc1ccc(B2OC(C)(C)C(C)(C)O2)c(F)c1)C(=O)OC(C)(C)C. The lowest BCUT2D eigenvalue weighted by Gasteiger charge is -2.32. The van der Waals surface area contributed by atoms with Gasteiger partial charge in [-0.2, -0.15) is 5.10 Å². The van der Waals surface area contributed by atoms with Gasteiger partial charge in [0.15, 0.2) is 0 Å². The summed E-state index contributed by atoms with van der Waals surface area (Å²) in [6, 6.07) is 22.2. The van der Waals surface area contributed by atoms with Crippen LogP contribution in [0.3, 0.4) is 0 Å². The van der Waals surface area contributed by atoms with Crippen LogP contribution in [-0.2, 0) is 31.9 Å². The molecule has 82 heavy (non-hydrogen) atoms. The molecule has 4 aromatic carbocycles. The molecule has 0 aliphatic carbocycles. The van der Waals surface area contributed by atoms with Crippen LogP contribution in [0.25, 0.3) is 33.1 Å². The molecule has 0 spiro atoms. The molecular formula is C63H87BBr2F2IN5O8. The summed E-state index contributed by atoms with van der Waals surface area (Å²) in [5, 5.41) is 6.98. The van der Waals surface area contributed by atoms with Crippen molar-refractivity contribution in [2.45, 2.75) is 183 Å². The van der Waals surface area contributed by atoms with Crippen LogP contribution < -0.4 is 14.9 Å². The molecule has 7 rings (SSSR count). The third-order valence-corrected chi connectivity index (χ3v) is 15.7. The van der Waals surface area contributed by atoms with E-state index in [9.17, 15) is 14.0 Å². The summed E-state index contributed by atoms with van der Waals surface area (Å²) in [6.07, 6.45) is 11.2. The number of aryl methyl sites for hydroxylation is 2. The number of hydrogen-bond donors (Lipinski definition) is 0. The summed E-state index contributed by atoms with van der Waals surface area (Å²) in [4.78, 5) is 27.1. The first-order valence-electron chi connectivity index (χ1n) is 28.7. The topological polar surface area (TPSA) is 119 Å². The smallest absolute Gasteiger partial charge is 0.493 e. The van der Waals surface area contributed by atoms with Crippen molar-refractivity contribution in [2.75, 3.05) is 40.4 Å². The molecule has 1 aliphatic rings. The summed E-state index contributed by atoms with van der Waals surface area (Å²) in [5.74, 6) is 0.267. The van der Waals surface area contributed by atoms with E-state index in [4.69, 9.17) is 33.4 Å². The predicted octanol–water partition coefficient (Wildman–Crippen LogP) is 17.2. The minimum Gasteiger partial charge on any atom is -0.493 e. The molecule has 0 radical (unpaired) electrons. The number of aromatic nitrogens is 3. The molecule has 0 unspecified atom stereocenters. The maximum absolute atomic E-state index is 15.1. The Morgan fingerprint density at radius 2 is 1.12 bits per heavy atom. The van der Waals surface area contributed by atoms with Gasteiger partial charge in [-0.3, -0.25) is 4.68 Å². The number of halogens is 5. The van der Waals surface area contributed by atoms with Crippen LogP contribution in [0.1, 0.15) is 147 Å². The van der Waals surface area contributed by atoms with Gasteiger partial charge < -0.3 is 42.6 Å². The minimum absolute atomic E-state index is 0.297. The van der Waals surface area contributed by atoms with E-state index in [1.807, 2.05) is 92.1 Å². The third-order valence-electron chi connectivity index (χ3n) is 13.8. The molecule has 2 aromatic heterocycles. The second-order valence-electron chi connectivity index (χ2n) is 23.8. The number of unbranched alkanes of at least 4 members (excludes halogenated alkanes) is 6. The fourth-order valence-electron chi connectivity index (χ4n) is 8.76. The predicted molar refractivity (Wildman–Crippen MR) is 344 cm³/mol. The van der Waals surface area contributed by atoms with Gasteiger partial charge in [-0.1, -0.05) is 83.5 Å². The Hall–Kier alpha value is -4.44. The first-order valence-corrected chi connectivity index (χ1v) is 31.4. The van der Waals surface area contributed by atoms with Gasteiger partial charge in [-0.15, -0.1) is 0 Å². The average molecular weight is 1380 g/mol. The number of carbonyl (C=O) groups excluding carboxylic acids is 2. The molecule has 13 nitrogen and oxygen atoms in total. The highest BCUT2D eigenvalue weighted by Crippen LogP contribution is 2.37. The third kappa shape index (κ3) is 20.7. The Morgan fingerprint density at radius 3 is 1.61 bits per heavy atom. The molecule has 1 saturated heterocycles. The highest BCUT2D eigenvalue weighted by Gasteiger charge is 2.52. The van der Waals surface area contributed by atoms with Crippen molar-refractivity contribution < 1.29 is 46.6 Å². The van der Waals surface area contributed by atoms with Gasteiger partial charge in [0.05, 0.1) is 35.4 Å². The maximum Gasteiger partial charge on any atom is 0.497 e. The molecule has 6 aromatic rings. The standard InChI is InChI=1S/C28H37BrFN3O3.C24H39BFNO5.C11H11BrIN/c1-6-15-33-25-18-20(29)11-13-23(25)26(31-33)22-14-12-21(19-24(22)30)35-17-10-8-7-9-16-32(5)27(34)36-28(2,3)4;1-22(2,3)30-21(28)27(8)15-11-9-10-12-16-29-18-13-14-19(20(26)17-18)25-31-23(4,5)24(6,7)32-25;1-2-5-14-7-10(13)9-4-3-8(12)6-11(9)14/h11-14,18-19H,6-10,15-17H2,1-5H3;13-14,17H,9-12,15-16H2,1-8H3;3-4,6-7H,2,5H2,1H3. The van der Waals surface area contributed by atoms with Crippen molar-refractivity contribution in [3.05, 3.63) is 103 Å². The summed E-state index contributed by atoms with van der Waals surface area (Å²) < 4.78 is 71.5. The average Bonchev–Trinajstić information content (AvgIpc) is 4.22. The van der Waals surface area contributed by atoms with Gasteiger partial charge in [0.2, 0.25) is 0 Å². The van der Waals surface area contributed by atoms with Crippen molar-refractivity contribution in [3.8, 4) is 22.8 Å². The molecular weight excluding hydrogens is 1290 g/mol. The van der Waals surface area contributed by atoms with Crippen LogP contribution in [0, 0.1) is 15.2 Å². The Morgan fingerprint density at radius 1 is 0.646 bits per heavy atom. The van der Waals surface area contributed by atoms with Crippen molar-refractivity contribution in [3.63, 3.8) is 0 Å². The van der Waals surface area contributed by atoms with Gasteiger partial charge in [0.1, 0.15) is 40.0 Å². The Bertz CT molecular complexity index is 3020. The largest absolute Gasteiger partial charge is 0.497 e. The number of fused-ring (bicyclic) bond motifs is 2. The van der Waals surface area contributed by atoms with Gasteiger partial charge in [0, 0.05) is 92.9 Å². The Kier molecular flexibility index (Phi) is 25.9. The summed E-state index contributed by atoms with van der Waals surface area (Å²) in [7, 11) is 2.78. The van der Waals surface area contributed by atoms with Crippen molar-refractivity contribution >= 4 is 101 Å². The van der Waals surface area contributed by atoms with Crippen LogP contribution in [0.2, 0.25) is 0 Å². The zero-order chi connectivity index (χ0) is 60.6. The van der Waals surface area contributed by atoms with E-state index in [0.29, 0.717) is 54.5 Å². The zero-order valence-corrected chi connectivity index (χ0v) is 56.1. The van der Waals surface area contributed by atoms with Crippen molar-refractivity contribution in [1.29, 1.82) is 0 Å². The van der Waals surface area contributed by atoms with Gasteiger partial charge in [-0.25, -0.2) is 18.4 Å². The molecule has 450 valence electrons. The first-order chi connectivity index (χ1) is 38.5. The van der Waals surface area contributed by atoms with Crippen molar-refractivity contribution in [1.82, 2.24) is 24.1 Å². The quantitative estimate of drug-likeness (QED) is 0.0372. The number of hydrogen-bond acceptors (Lipinski definition) is 9. The molecule has 2 amide bonds. The van der Waals surface area contributed by atoms with Crippen LogP contribution in [0.15, 0.2) is 87.9 Å². The Balaban J connectivity index is 0.000000245. The molecule has 0 saturated carbocycles. The second-order valence-corrected chi connectivity index (χ2v) is 26.8. The van der Waals surface area contributed by atoms with Crippen LogP contribution >= 0.6 is 54.5 Å². The van der Waals surface area contributed by atoms with Crippen LogP contribution in [-0.4, -0.2) is 106 Å². The van der Waals surface area contributed by atoms with E-state index >= 15 is 4.39 Å².